The second kappa shape index (κ2) is 10.7. The van der Waals surface area contributed by atoms with Crippen molar-refractivity contribution < 1.29 is 9.84 Å². The van der Waals surface area contributed by atoms with Crippen molar-refractivity contribution in [3.8, 4) is 0 Å². The summed E-state index contributed by atoms with van der Waals surface area (Å²) in [6.07, 6.45) is 6.09. The zero-order valence-electron chi connectivity index (χ0n) is 17.6. The van der Waals surface area contributed by atoms with Gasteiger partial charge < -0.3 is 20.1 Å². The van der Waals surface area contributed by atoms with Crippen LogP contribution >= 0.6 is 0 Å². The van der Waals surface area contributed by atoms with Crippen molar-refractivity contribution in [1.29, 1.82) is 0 Å². The molecule has 7 heteroatoms. The summed E-state index contributed by atoms with van der Waals surface area (Å²) in [5.74, 6) is 1.70. The van der Waals surface area contributed by atoms with E-state index in [1.165, 1.54) is 5.56 Å². The molecule has 0 bridgehead atoms. The third-order valence-electron chi connectivity index (χ3n) is 5.98. The van der Waals surface area contributed by atoms with Gasteiger partial charge in [-0.1, -0.05) is 30.3 Å². The van der Waals surface area contributed by atoms with Gasteiger partial charge in [0.1, 0.15) is 18.0 Å². The van der Waals surface area contributed by atoms with Crippen molar-refractivity contribution in [2.24, 2.45) is 0 Å². The lowest BCUT2D eigenvalue weighted by Crippen LogP contribution is -2.42. The van der Waals surface area contributed by atoms with Crippen LogP contribution in [0.3, 0.4) is 0 Å². The average Bonchev–Trinajstić information content (AvgIpc) is 3.03. The fourth-order valence-electron chi connectivity index (χ4n) is 4.39. The van der Waals surface area contributed by atoms with Gasteiger partial charge in [0, 0.05) is 45.4 Å². The molecule has 1 aromatic heterocycles. The Morgan fingerprint density at radius 3 is 2.87 bits per heavy atom. The second-order valence-corrected chi connectivity index (χ2v) is 8.23. The molecule has 0 spiro atoms. The van der Waals surface area contributed by atoms with Crippen molar-refractivity contribution >= 4 is 11.6 Å². The van der Waals surface area contributed by atoms with Crippen molar-refractivity contribution in [3.63, 3.8) is 0 Å². The SMILES string of the molecule is OCC1CCCCN1c1cc(NCC2CN(Cc3ccccc3)CCCO2)ncn1. The van der Waals surface area contributed by atoms with Crippen LogP contribution in [0.25, 0.3) is 0 Å². The Hall–Kier alpha value is -2.22. The van der Waals surface area contributed by atoms with Crippen molar-refractivity contribution in [2.75, 3.05) is 49.6 Å². The molecule has 3 heterocycles. The molecule has 162 valence electrons. The quantitative estimate of drug-likeness (QED) is 0.725. The number of benzene rings is 1. The van der Waals surface area contributed by atoms with Crippen molar-refractivity contribution in [2.45, 2.75) is 44.4 Å². The Kier molecular flexibility index (Phi) is 7.50. The average molecular weight is 412 g/mol. The highest BCUT2D eigenvalue weighted by Crippen LogP contribution is 2.24. The predicted octanol–water partition coefficient (Wildman–Crippen LogP) is 2.53. The number of aliphatic hydroxyl groups excluding tert-OH is 1. The summed E-state index contributed by atoms with van der Waals surface area (Å²) in [7, 11) is 0. The number of aliphatic hydroxyl groups is 1. The van der Waals surface area contributed by atoms with Gasteiger partial charge in [-0.05, 0) is 31.2 Å². The number of anilines is 2. The number of aromatic nitrogens is 2. The van der Waals surface area contributed by atoms with Gasteiger partial charge in [0.25, 0.3) is 0 Å². The molecular weight excluding hydrogens is 378 g/mol. The van der Waals surface area contributed by atoms with Gasteiger partial charge in [-0.2, -0.15) is 0 Å². The van der Waals surface area contributed by atoms with Crippen LogP contribution in [0, 0.1) is 0 Å². The number of nitrogens with zero attached hydrogens (tertiary/aromatic N) is 4. The van der Waals surface area contributed by atoms with Gasteiger partial charge in [0.05, 0.1) is 18.8 Å². The first-order chi connectivity index (χ1) is 14.8. The van der Waals surface area contributed by atoms with E-state index >= 15 is 0 Å². The van der Waals surface area contributed by atoms with E-state index < -0.39 is 0 Å². The highest BCUT2D eigenvalue weighted by atomic mass is 16.5. The van der Waals surface area contributed by atoms with Crippen LogP contribution in [0.1, 0.15) is 31.2 Å². The van der Waals surface area contributed by atoms with Crippen LogP contribution in [0.15, 0.2) is 42.7 Å². The van der Waals surface area contributed by atoms with Crippen molar-refractivity contribution in [1.82, 2.24) is 14.9 Å². The fraction of sp³-hybridized carbons (Fsp3) is 0.565. The van der Waals surface area contributed by atoms with E-state index in [0.717, 1.165) is 70.1 Å². The van der Waals surface area contributed by atoms with Crippen LogP contribution in [0.5, 0.6) is 0 Å². The highest BCUT2D eigenvalue weighted by Gasteiger charge is 2.23. The van der Waals surface area contributed by atoms with Crippen LogP contribution in [0.2, 0.25) is 0 Å². The van der Waals surface area contributed by atoms with Gasteiger partial charge in [-0.15, -0.1) is 0 Å². The predicted molar refractivity (Wildman–Crippen MR) is 119 cm³/mol. The van der Waals surface area contributed by atoms with Gasteiger partial charge in [-0.3, -0.25) is 4.90 Å². The summed E-state index contributed by atoms with van der Waals surface area (Å²) in [6, 6.07) is 12.8. The zero-order chi connectivity index (χ0) is 20.6. The molecule has 2 atom stereocenters. The number of ether oxygens (including phenoxy) is 1. The lowest BCUT2D eigenvalue weighted by Gasteiger charge is -2.35. The van der Waals surface area contributed by atoms with Crippen LogP contribution in [-0.4, -0.2) is 71.5 Å². The molecule has 4 rings (SSSR count). The minimum atomic E-state index is 0.120. The minimum Gasteiger partial charge on any atom is -0.394 e. The first-order valence-corrected chi connectivity index (χ1v) is 11.1. The molecule has 2 aliphatic heterocycles. The van der Waals surface area contributed by atoms with Gasteiger partial charge in [0.15, 0.2) is 0 Å². The van der Waals surface area contributed by atoms with Crippen LogP contribution in [0.4, 0.5) is 11.6 Å². The molecule has 2 unspecified atom stereocenters. The van der Waals surface area contributed by atoms with Gasteiger partial charge in [0.2, 0.25) is 0 Å². The van der Waals surface area contributed by atoms with E-state index in [1.54, 1.807) is 6.33 Å². The van der Waals surface area contributed by atoms with E-state index in [0.29, 0.717) is 6.54 Å². The maximum absolute atomic E-state index is 9.70. The number of rotatable bonds is 7. The molecule has 7 nitrogen and oxygen atoms in total. The highest BCUT2D eigenvalue weighted by molar-refractivity contribution is 5.49. The maximum atomic E-state index is 9.70. The molecule has 0 saturated carbocycles. The molecular formula is C23H33N5O2. The number of nitrogens with one attached hydrogen (secondary N) is 1. The third-order valence-corrected chi connectivity index (χ3v) is 5.98. The molecule has 1 aromatic carbocycles. The summed E-state index contributed by atoms with van der Waals surface area (Å²) >= 11 is 0. The summed E-state index contributed by atoms with van der Waals surface area (Å²) in [5.41, 5.74) is 1.34. The lowest BCUT2D eigenvalue weighted by atomic mass is 10.0. The first kappa shape index (κ1) is 21.0. The molecule has 2 saturated heterocycles. The molecule has 2 fully saturated rings. The summed E-state index contributed by atoms with van der Waals surface area (Å²) in [4.78, 5) is 13.5. The van der Waals surface area contributed by atoms with E-state index in [1.807, 2.05) is 6.07 Å². The Morgan fingerprint density at radius 1 is 1.10 bits per heavy atom. The Labute approximate surface area is 179 Å². The Balaban J connectivity index is 1.34. The van der Waals surface area contributed by atoms with Crippen molar-refractivity contribution in [3.05, 3.63) is 48.3 Å². The summed E-state index contributed by atoms with van der Waals surface area (Å²) < 4.78 is 6.08. The molecule has 2 aliphatic rings. The third kappa shape index (κ3) is 5.68. The zero-order valence-corrected chi connectivity index (χ0v) is 17.6. The largest absolute Gasteiger partial charge is 0.394 e. The second-order valence-electron chi connectivity index (χ2n) is 8.23. The van der Waals surface area contributed by atoms with Gasteiger partial charge >= 0.3 is 0 Å². The monoisotopic (exact) mass is 411 g/mol. The number of piperidine rings is 1. The van der Waals surface area contributed by atoms with Crippen LogP contribution in [-0.2, 0) is 11.3 Å². The Bertz CT molecular complexity index is 775. The minimum absolute atomic E-state index is 0.120. The standard InChI is InChI=1S/C23H33N5O2/c29-17-20-9-4-5-11-28(20)23-13-22(25-18-26-23)24-14-21-16-27(10-6-12-30-21)15-19-7-2-1-3-8-19/h1-3,7-8,13,18,20-21,29H,4-6,9-12,14-17H2,(H,24,25,26). The van der Waals surface area contributed by atoms with Gasteiger partial charge in [-0.25, -0.2) is 9.97 Å². The van der Waals surface area contributed by atoms with E-state index in [9.17, 15) is 5.11 Å². The smallest absolute Gasteiger partial charge is 0.134 e. The normalized spacial score (nSPS) is 23.2. The molecule has 0 radical (unpaired) electrons. The summed E-state index contributed by atoms with van der Waals surface area (Å²) in [5, 5.41) is 13.1. The lowest BCUT2D eigenvalue weighted by molar-refractivity contribution is 0.0624. The molecule has 30 heavy (non-hydrogen) atoms. The topological polar surface area (TPSA) is 73.8 Å². The van der Waals surface area contributed by atoms with Crippen LogP contribution < -0.4 is 10.2 Å². The fourth-order valence-corrected chi connectivity index (χ4v) is 4.39. The Morgan fingerprint density at radius 2 is 2.00 bits per heavy atom. The summed E-state index contributed by atoms with van der Waals surface area (Å²) in [6.45, 7) is 5.51. The van der Waals surface area contributed by atoms with E-state index in [-0.39, 0.29) is 18.8 Å². The maximum Gasteiger partial charge on any atom is 0.134 e. The molecule has 0 amide bonds. The molecule has 2 aromatic rings. The molecule has 0 aliphatic carbocycles. The number of hydrogen-bond donors (Lipinski definition) is 2. The molecule has 2 N–H and O–H groups in total. The van der Waals surface area contributed by atoms with E-state index in [2.05, 4.69) is 55.4 Å². The number of hydrogen-bond acceptors (Lipinski definition) is 7. The van der Waals surface area contributed by atoms with E-state index in [4.69, 9.17) is 4.74 Å². The first-order valence-electron chi connectivity index (χ1n) is 11.1.